The minimum atomic E-state index is -0.492. The number of allylic oxidation sites excluding steroid dienone is 2. The lowest BCUT2D eigenvalue weighted by Gasteiger charge is -1.88. The highest BCUT2D eigenvalue weighted by atomic mass is 16.5. The van der Waals surface area contributed by atoms with E-state index in [9.17, 15) is 9.59 Å². The zero-order chi connectivity index (χ0) is 14.1. The van der Waals surface area contributed by atoms with E-state index < -0.39 is 11.8 Å². The van der Waals surface area contributed by atoms with E-state index >= 15 is 0 Å². The molecule has 0 unspecified atom stereocenters. The Morgan fingerprint density at radius 2 is 2.21 bits per heavy atom. The third-order valence-electron chi connectivity index (χ3n) is 2.06. The summed E-state index contributed by atoms with van der Waals surface area (Å²) in [6.45, 7) is 1.98. The Morgan fingerprint density at radius 1 is 1.42 bits per heavy atom. The molecule has 0 radical (unpaired) electrons. The van der Waals surface area contributed by atoms with Gasteiger partial charge in [-0.1, -0.05) is 18.9 Å². The van der Waals surface area contributed by atoms with Crippen LogP contribution >= 0.6 is 0 Å². The molecule has 0 fully saturated rings. The van der Waals surface area contributed by atoms with E-state index in [1.807, 2.05) is 13.0 Å². The number of hydrogen-bond acceptors (Lipinski definition) is 4. The summed E-state index contributed by atoms with van der Waals surface area (Å²) in [7, 11) is 1.28. The van der Waals surface area contributed by atoms with Crippen LogP contribution in [0.3, 0.4) is 0 Å². The summed E-state index contributed by atoms with van der Waals surface area (Å²) >= 11 is 0. The van der Waals surface area contributed by atoms with Gasteiger partial charge in [-0.15, -0.1) is 0 Å². The molecule has 0 atom stereocenters. The Hall–Kier alpha value is -2.54. The van der Waals surface area contributed by atoms with E-state index in [1.165, 1.54) is 25.3 Å². The molecule has 0 aliphatic carbocycles. The lowest BCUT2D eigenvalue weighted by Crippen LogP contribution is -1.93. The van der Waals surface area contributed by atoms with Crippen LogP contribution in [0.2, 0.25) is 0 Å². The first-order chi connectivity index (χ1) is 9.17. The summed E-state index contributed by atoms with van der Waals surface area (Å²) in [6.07, 6.45) is 6.98. The number of furan rings is 1. The van der Waals surface area contributed by atoms with Crippen molar-refractivity contribution in [2.75, 3.05) is 7.11 Å². The van der Waals surface area contributed by atoms with Crippen LogP contribution in [-0.2, 0) is 9.53 Å². The van der Waals surface area contributed by atoms with Crippen molar-refractivity contribution in [3.05, 3.63) is 41.9 Å². The zero-order valence-corrected chi connectivity index (χ0v) is 10.8. The van der Waals surface area contributed by atoms with Crippen molar-refractivity contribution in [3.8, 4) is 11.8 Å². The Balaban J connectivity index is 2.70. The number of carbonyl (C=O) groups excluding carboxylic acids is 2. The molecule has 0 bridgehead atoms. The largest absolute Gasteiger partial charge is 0.466 e. The van der Waals surface area contributed by atoms with Crippen LogP contribution in [-0.4, -0.2) is 18.9 Å². The maximum Gasteiger partial charge on any atom is 0.330 e. The van der Waals surface area contributed by atoms with Crippen molar-refractivity contribution in [1.82, 2.24) is 0 Å². The van der Waals surface area contributed by atoms with Gasteiger partial charge in [0.2, 0.25) is 0 Å². The summed E-state index contributed by atoms with van der Waals surface area (Å²) in [5.41, 5.74) is 0. The van der Waals surface area contributed by atoms with Gasteiger partial charge in [-0.25, -0.2) is 4.79 Å². The van der Waals surface area contributed by atoms with Gasteiger partial charge in [-0.3, -0.25) is 4.79 Å². The summed E-state index contributed by atoms with van der Waals surface area (Å²) in [5.74, 6) is 4.69. The lowest BCUT2D eigenvalue weighted by molar-refractivity contribution is -0.134. The molecule has 4 nitrogen and oxygen atoms in total. The number of ether oxygens (including phenoxy) is 1. The van der Waals surface area contributed by atoms with Crippen LogP contribution in [0.1, 0.15) is 29.7 Å². The van der Waals surface area contributed by atoms with Crippen molar-refractivity contribution in [2.45, 2.75) is 13.3 Å². The molecule has 1 heterocycles. The normalized spacial score (nSPS) is 10.4. The second kappa shape index (κ2) is 7.72. The molecule has 0 aliphatic rings. The molecule has 0 N–H and O–H groups in total. The third-order valence-corrected chi connectivity index (χ3v) is 2.06. The predicted molar refractivity (Wildman–Crippen MR) is 71.3 cm³/mol. The maximum absolute atomic E-state index is 11.6. The second-order valence-electron chi connectivity index (χ2n) is 3.47. The molecular formula is C15H14O4. The fraction of sp³-hybridized carbons (Fsp3) is 0.200. The minimum Gasteiger partial charge on any atom is -0.466 e. The molecule has 98 valence electrons. The van der Waals surface area contributed by atoms with Gasteiger partial charge >= 0.3 is 5.97 Å². The molecule has 0 saturated carbocycles. The first-order valence-electron chi connectivity index (χ1n) is 5.74. The van der Waals surface area contributed by atoms with Crippen LogP contribution in [0.15, 0.2) is 34.8 Å². The van der Waals surface area contributed by atoms with Gasteiger partial charge in [-0.2, -0.15) is 0 Å². The number of hydrogen-bond donors (Lipinski definition) is 0. The van der Waals surface area contributed by atoms with Gasteiger partial charge in [-0.05, 0) is 36.6 Å². The number of methoxy groups -OCH3 is 1. The van der Waals surface area contributed by atoms with Crippen LogP contribution < -0.4 is 0 Å². The molecule has 0 amide bonds. The van der Waals surface area contributed by atoms with Gasteiger partial charge in [0.15, 0.2) is 5.76 Å². The second-order valence-corrected chi connectivity index (χ2v) is 3.47. The SMILES string of the molecule is CC/C=C\C#CC(=O)c1ccc(/C=C/C(=O)OC)o1. The summed E-state index contributed by atoms with van der Waals surface area (Å²) in [4.78, 5) is 22.5. The van der Waals surface area contributed by atoms with E-state index in [0.717, 1.165) is 6.42 Å². The van der Waals surface area contributed by atoms with Gasteiger partial charge in [0.1, 0.15) is 5.76 Å². The summed E-state index contributed by atoms with van der Waals surface area (Å²) < 4.78 is 9.66. The van der Waals surface area contributed by atoms with Crippen LogP contribution in [0.5, 0.6) is 0 Å². The Kier molecular flexibility index (Phi) is 5.90. The smallest absolute Gasteiger partial charge is 0.330 e. The van der Waals surface area contributed by atoms with Crippen molar-refractivity contribution >= 4 is 17.8 Å². The van der Waals surface area contributed by atoms with Crippen LogP contribution in [0.25, 0.3) is 6.08 Å². The summed E-state index contributed by atoms with van der Waals surface area (Å²) in [6, 6.07) is 3.09. The lowest BCUT2D eigenvalue weighted by atomic mass is 10.3. The third kappa shape index (κ3) is 5.09. The number of carbonyl (C=O) groups is 2. The minimum absolute atomic E-state index is 0.141. The van der Waals surface area contributed by atoms with E-state index in [4.69, 9.17) is 4.42 Å². The zero-order valence-electron chi connectivity index (χ0n) is 10.8. The molecule has 4 heteroatoms. The van der Waals surface area contributed by atoms with Crippen molar-refractivity contribution in [3.63, 3.8) is 0 Å². The fourth-order valence-corrected chi connectivity index (χ4v) is 1.13. The Morgan fingerprint density at radius 3 is 2.89 bits per heavy atom. The average molecular weight is 258 g/mol. The maximum atomic E-state index is 11.6. The molecule has 1 aromatic rings. The van der Waals surface area contributed by atoms with Gasteiger partial charge in [0, 0.05) is 6.08 Å². The van der Waals surface area contributed by atoms with E-state index in [0.29, 0.717) is 5.76 Å². The van der Waals surface area contributed by atoms with Crippen molar-refractivity contribution in [1.29, 1.82) is 0 Å². The van der Waals surface area contributed by atoms with Crippen molar-refractivity contribution < 1.29 is 18.7 Å². The monoisotopic (exact) mass is 258 g/mol. The summed E-state index contributed by atoms with van der Waals surface area (Å²) in [5, 5.41) is 0. The molecule has 0 spiro atoms. The number of Topliss-reactive ketones (excluding diaryl/α,β-unsaturated/α-hetero) is 1. The number of ketones is 1. The Bertz CT molecular complexity index is 564. The topological polar surface area (TPSA) is 56.5 Å². The molecule has 19 heavy (non-hydrogen) atoms. The standard InChI is InChI=1S/C15H14O4/c1-3-4-5-6-7-13(16)14-10-8-12(19-14)9-11-15(17)18-2/h4-5,8-11H,3H2,1-2H3/b5-4-,11-9+. The van der Waals surface area contributed by atoms with E-state index in [-0.39, 0.29) is 5.76 Å². The first-order valence-corrected chi connectivity index (χ1v) is 5.74. The molecule has 1 rings (SSSR count). The molecule has 0 saturated heterocycles. The number of esters is 1. The highest BCUT2D eigenvalue weighted by Gasteiger charge is 2.07. The highest BCUT2D eigenvalue weighted by Crippen LogP contribution is 2.10. The van der Waals surface area contributed by atoms with Crippen molar-refractivity contribution in [2.24, 2.45) is 0 Å². The van der Waals surface area contributed by atoms with Gasteiger partial charge in [0.05, 0.1) is 7.11 Å². The van der Waals surface area contributed by atoms with Gasteiger partial charge in [0.25, 0.3) is 5.78 Å². The quantitative estimate of drug-likeness (QED) is 0.274. The van der Waals surface area contributed by atoms with E-state index in [2.05, 4.69) is 16.6 Å². The molecular weight excluding hydrogens is 244 g/mol. The predicted octanol–water partition coefficient (Wildman–Crippen LogP) is 2.62. The Labute approximate surface area is 111 Å². The van der Waals surface area contributed by atoms with Gasteiger partial charge < -0.3 is 9.15 Å². The highest BCUT2D eigenvalue weighted by molar-refractivity contribution is 6.07. The van der Waals surface area contributed by atoms with Crippen LogP contribution in [0, 0.1) is 11.8 Å². The molecule has 0 aromatic carbocycles. The first kappa shape index (κ1) is 14.5. The number of rotatable bonds is 4. The fourth-order valence-electron chi connectivity index (χ4n) is 1.13. The average Bonchev–Trinajstić information content (AvgIpc) is 2.89. The molecule has 0 aliphatic heterocycles. The van der Waals surface area contributed by atoms with E-state index in [1.54, 1.807) is 12.1 Å². The molecule has 1 aromatic heterocycles. The van der Waals surface area contributed by atoms with Crippen LogP contribution in [0.4, 0.5) is 0 Å².